The molecule has 1 aliphatic rings. The fraction of sp³-hybridized carbons (Fsp3) is 0.353. The average Bonchev–Trinajstić information content (AvgIpc) is 2.58. The molecule has 3 rings (SSSR count). The molecule has 2 heterocycles. The average molecular weight is 298 g/mol. The monoisotopic (exact) mass is 298 g/mol. The second-order valence-corrected chi connectivity index (χ2v) is 5.51. The van der Waals surface area contributed by atoms with Crippen molar-refractivity contribution in [3.05, 3.63) is 48.2 Å². The van der Waals surface area contributed by atoms with Crippen LogP contribution in [0.25, 0.3) is 0 Å². The number of ether oxygens (including phenoxy) is 1. The van der Waals surface area contributed by atoms with Crippen molar-refractivity contribution in [1.82, 2.24) is 4.98 Å². The Morgan fingerprint density at radius 3 is 2.68 bits per heavy atom. The van der Waals surface area contributed by atoms with Crippen LogP contribution in [-0.2, 0) is 4.74 Å². The van der Waals surface area contributed by atoms with Crippen molar-refractivity contribution in [3.8, 4) is 0 Å². The molecule has 0 aliphatic carbocycles. The number of hydrogen-bond acceptors (Lipinski definition) is 5. The molecule has 1 atom stereocenters. The van der Waals surface area contributed by atoms with E-state index in [1.165, 1.54) is 5.56 Å². The molecular weight excluding hydrogens is 276 g/mol. The highest BCUT2D eigenvalue weighted by Gasteiger charge is 2.15. The Bertz CT molecular complexity index is 611. The summed E-state index contributed by atoms with van der Waals surface area (Å²) in [5, 5.41) is 3.48. The van der Waals surface area contributed by atoms with Crippen LogP contribution in [0.4, 0.5) is 17.2 Å². The number of benzene rings is 1. The SMILES string of the molecule is C[C@@H](Nc1cc(N2CCOCC2)ncc1N)c1ccccc1. The van der Waals surface area contributed by atoms with Crippen LogP contribution in [0.5, 0.6) is 0 Å². The van der Waals surface area contributed by atoms with Crippen molar-refractivity contribution >= 4 is 17.2 Å². The lowest BCUT2D eigenvalue weighted by atomic mass is 10.1. The van der Waals surface area contributed by atoms with Gasteiger partial charge in [0.15, 0.2) is 0 Å². The van der Waals surface area contributed by atoms with Crippen LogP contribution in [0.3, 0.4) is 0 Å². The van der Waals surface area contributed by atoms with E-state index in [1.807, 2.05) is 24.3 Å². The summed E-state index contributed by atoms with van der Waals surface area (Å²) in [6.45, 7) is 5.35. The Hall–Kier alpha value is -2.27. The molecule has 1 aromatic carbocycles. The van der Waals surface area contributed by atoms with E-state index in [0.717, 1.165) is 37.8 Å². The zero-order valence-electron chi connectivity index (χ0n) is 12.8. The minimum atomic E-state index is 0.184. The number of rotatable bonds is 4. The summed E-state index contributed by atoms with van der Waals surface area (Å²) in [6.07, 6.45) is 1.73. The first-order valence-electron chi connectivity index (χ1n) is 7.64. The number of anilines is 3. The van der Waals surface area contributed by atoms with Crippen molar-refractivity contribution in [2.75, 3.05) is 42.3 Å². The Balaban J connectivity index is 1.77. The second-order valence-electron chi connectivity index (χ2n) is 5.51. The zero-order valence-corrected chi connectivity index (χ0v) is 12.8. The van der Waals surface area contributed by atoms with Crippen LogP contribution in [0.1, 0.15) is 18.5 Å². The van der Waals surface area contributed by atoms with Gasteiger partial charge in [0.05, 0.1) is 30.8 Å². The number of pyridine rings is 1. The van der Waals surface area contributed by atoms with Crippen molar-refractivity contribution in [2.24, 2.45) is 0 Å². The van der Waals surface area contributed by atoms with Gasteiger partial charge in [0.2, 0.25) is 0 Å². The molecular formula is C17H22N4O. The van der Waals surface area contributed by atoms with Gasteiger partial charge in [0, 0.05) is 25.2 Å². The normalized spacial score (nSPS) is 16.3. The van der Waals surface area contributed by atoms with Crippen molar-refractivity contribution in [2.45, 2.75) is 13.0 Å². The molecule has 3 N–H and O–H groups in total. The maximum atomic E-state index is 6.08. The van der Waals surface area contributed by atoms with E-state index in [2.05, 4.69) is 34.3 Å². The molecule has 2 aromatic rings. The van der Waals surface area contributed by atoms with E-state index in [4.69, 9.17) is 10.5 Å². The van der Waals surface area contributed by atoms with Gasteiger partial charge < -0.3 is 20.7 Å². The molecule has 22 heavy (non-hydrogen) atoms. The molecule has 5 heteroatoms. The number of morpholine rings is 1. The lowest BCUT2D eigenvalue weighted by Crippen LogP contribution is -2.36. The molecule has 5 nitrogen and oxygen atoms in total. The van der Waals surface area contributed by atoms with Crippen molar-refractivity contribution < 1.29 is 4.74 Å². The minimum Gasteiger partial charge on any atom is -0.396 e. The molecule has 116 valence electrons. The van der Waals surface area contributed by atoms with Gasteiger partial charge in [-0.15, -0.1) is 0 Å². The predicted molar refractivity (Wildman–Crippen MR) is 90.2 cm³/mol. The van der Waals surface area contributed by atoms with Gasteiger partial charge in [-0.05, 0) is 12.5 Å². The smallest absolute Gasteiger partial charge is 0.130 e. The van der Waals surface area contributed by atoms with Gasteiger partial charge in [-0.3, -0.25) is 0 Å². The Morgan fingerprint density at radius 1 is 1.23 bits per heavy atom. The van der Waals surface area contributed by atoms with Gasteiger partial charge >= 0.3 is 0 Å². The molecule has 0 amide bonds. The molecule has 0 spiro atoms. The third-order valence-electron chi connectivity index (χ3n) is 3.93. The zero-order chi connectivity index (χ0) is 15.4. The molecule has 0 saturated carbocycles. The van der Waals surface area contributed by atoms with E-state index in [0.29, 0.717) is 5.69 Å². The molecule has 1 fully saturated rings. The van der Waals surface area contributed by atoms with Gasteiger partial charge in [0.1, 0.15) is 5.82 Å². The van der Waals surface area contributed by atoms with Gasteiger partial charge in [-0.1, -0.05) is 30.3 Å². The summed E-state index contributed by atoms with van der Waals surface area (Å²) in [6, 6.07) is 12.5. The Labute approximate surface area is 131 Å². The minimum absolute atomic E-state index is 0.184. The maximum absolute atomic E-state index is 6.08. The standard InChI is InChI=1S/C17H22N4O/c1-13(14-5-3-2-4-6-14)20-16-11-17(19-12-15(16)18)21-7-9-22-10-8-21/h2-6,11-13H,7-10,18H2,1H3,(H,19,20)/t13-/m1/s1. The summed E-state index contributed by atoms with van der Waals surface area (Å²) >= 11 is 0. The Kier molecular flexibility index (Phi) is 4.44. The fourth-order valence-corrected chi connectivity index (χ4v) is 2.60. The van der Waals surface area contributed by atoms with Crippen LogP contribution in [0, 0.1) is 0 Å². The third kappa shape index (κ3) is 3.31. The second kappa shape index (κ2) is 6.66. The third-order valence-corrected chi connectivity index (χ3v) is 3.93. The van der Waals surface area contributed by atoms with E-state index < -0.39 is 0 Å². The quantitative estimate of drug-likeness (QED) is 0.908. The highest BCUT2D eigenvalue weighted by Crippen LogP contribution is 2.27. The first-order chi connectivity index (χ1) is 10.7. The lowest BCUT2D eigenvalue weighted by molar-refractivity contribution is 0.122. The predicted octanol–water partition coefficient (Wildman–Crippen LogP) is 2.67. The van der Waals surface area contributed by atoms with E-state index in [-0.39, 0.29) is 6.04 Å². The molecule has 1 aliphatic heterocycles. The topological polar surface area (TPSA) is 63.4 Å². The Morgan fingerprint density at radius 2 is 1.95 bits per heavy atom. The lowest BCUT2D eigenvalue weighted by Gasteiger charge is -2.28. The van der Waals surface area contributed by atoms with Gasteiger partial charge in [-0.2, -0.15) is 0 Å². The first kappa shape index (κ1) is 14.7. The summed E-state index contributed by atoms with van der Waals surface area (Å²) in [5.41, 5.74) is 8.90. The number of nitrogens with zero attached hydrogens (tertiary/aromatic N) is 2. The largest absolute Gasteiger partial charge is 0.396 e. The number of hydrogen-bond donors (Lipinski definition) is 2. The van der Waals surface area contributed by atoms with Crippen LogP contribution in [-0.4, -0.2) is 31.3 Å². The molecule has 1 saturated heterocycles. The highest BCUT2D eigenvalue weighted by molar-refractivity contribution is 5.69. The van der Waals surface area contributed by atoms with Crippen LogP contribution >= 0.6 is 0 Å². The number of nitrogen functional groups attached to an aromatic ring is 1. The van der Waals surface area contributed by atoms with Gasteiger partial charge in [-0.25, -0.2) is 4.98 Å². The van der Waals surface area contributed by atoms with Crippen LogP contribution in [0.2, 0.25) is 0 Å². The molecule has 0 radical (unpaired) electrons. The van der Waals surface area contributed by atoms with Gasteiger partial charge in [0.25, 0.3) is 0 Å². The molecule has 0 bridgehead atoms. The first-order valence-corrected chi connectivity index (χ1v) is 7.64. The number of nitrogens with two attached hydrogens (primary N) is 1. The van der Waals surface area contributed by atoms with Crippen molar-refractivity contribution in [3.63, 3.8) is 0 Å². The summed E-state index contributed by atoms with van der Waals surface area (Å²) in [4.78, 5) is 6.67. The van der Waals surface area contributed by atoms with E-state index in [9.17, 15) is 0 Å². The fourth-order valence-electron chi connectivity index (χ4n) is 2.60. The number of aromatic nitrogens is 1. The van der Waals surface area contributed by atoms with E-state index >= 15 is 0 Å². The van der Waals surface area contributed by atoms with Crippen LogP contribution < -0.4 is 16.0 Å². The van der Waals surface area contributed by atoms with Crippen LogP contribution in [0.15, 0.2) is 42.6 Å². The maximum Gasteiger partial charge on any atom is 0.130 e. The molecule has 0 unspecified atom stereocenters. The molecule has 1 aromatic heterocycles. The summed E-state index contributed by atoms with van der Waals surface area (Å²) < 4.78 is 5.39. The number of nitrogens with one attached hydrogen (secondary N) is 1. The van der Waals surface area contributed by atoms with Crippen molar-refractivity contribution in [1.29, 1.82) is 0 Å². The summed E-state index contributed by atoms with van der Waals surface area (Å²) in [7, 11) is 0. The highest BCUT2D eigenvalue weighted by atomic mass is 16.5. The van der Waals surface area contributed by atoms with E-state index in [1.54, 1.807) is 6.20 Å². The summed E-state index contributed by atoms with van der Waals surface area (Å²) in [5.74, 6) is 0.945.